The van der Waals surface area contributed by atoms with Gasteiger partial charge in [-0.05, 0) is 81.8 Å². The van der Waals surface area contributed by atoms with Crippen LogP contribution in [0.25, 0.3) is 0 Å². The highest BCUT2D eigenvalue weighted by Crippen LogP contribution is 2.35. The van der Waals surface area contributed by atoms with Crippen LogP contribution in [0.4, 0.5) is 0 Å². The number of carbonyl (C=O) groups is 2. The molecule has 52 heavy (non-hydrogen) atoms. The average Bonchev–Trinajstić information content (AvgIpc) is 3.12. The molecule has 6 heteroatoms. The molecule has 6 nitrogen and oxygen atoms in total. The molecule has 0 fully saturated rings. The van der Waals surface area contributed by atoms with Crippen LogP contribution in [0.1, 0.15) is 90.1 Å². The van der Waals surface area contributed by atoms with E-state index in [1.54, 1.807) is 14.2 Å². The predicted molar refractivity (Wildman–Crippen MR) is 211 cm³/mol. The van der Waals surface area contributed by atoms with Gasteiger partial charge in [-0.25, -0.2) is 0 Å². The summed E-state index contributed by atoms with van der Waals surface area (Å²) in [5.74, 6) is 2.30. The summed E-state index contributed by atoms with van der Waals surface area (Å²) in [7, 11) is 3.32. The number of ether oxygens (including phenoxy) is 4. The second-order valence-electron chi connectivity index (χ2n) is 14.6. The van der Waals surface area contributed by atoms with Crippen molar-refractivity contribution in [2.24, 2.45) is 0 Å². The van der Waals surface area contributed by atoms with Crippen LogP contribution >= 0.6 is 0 Å². The van der Waals surface area contributed by atoms with Crippen LogP contribution in [0.15, 0.2) is 127 Å². The van der Waals surface area contributed by atoms with Crippen molar-refractivity contribution >= 4 is 11.9 Å². The summed E-state index contributed by atoms with van der Waals surface area (Å²) < 4.78 is 20.3. The Morgan fingerprint density at radius 2 is 0.750 bits per heavy atom. The summed E-state index contributed by atoms with van der Waals surface area (Å²) in [4.78, 5) is 22.0. The molecule has 0 aliphatic rings. The summed E-state index contributed by atoms with van der Waals surface area (Å²) in [6.45, 7) is 18.3. The molecule has 0 heterocycles. The fourth-order valence-corrected chi connectivity index (χ4v) is 5.48. The number of rotatable bonds is 8. The molecule has 0 amide bonds. The number of esters is 2. The smallest absolute Gasteiger partial charge is 0.308 e. The Bertz CT molecular complexity index is 1850. The van der Waals surface area contributed by atoms with E-state index >= 15 is 0 Å². The second-order valence-corrected chi connectivity index (χ2v) is 14.6. The van der Waals surface area contributed by atoms with Gasteiger partial charge in [0.25, 0.3) is 0 Å². The SMILES string of the molecule is CC(=O)Oc1ccc(C(C)(C)c2cccc(C(C)(C)C)c2)cc1.COc1ccc(C(C)(C)c2ccc(OC(C)=O)cc2)cc1.COc1ccccc1. The van der Waals surface area contributed by atoms with Crippen LogP contribution in [0.3, 0.4) is 0 Å². The Kier molecular flexibility index (Phi) is 14.4. The van der Waals surface area contributed by atoms with Crippen molar-refractivity contribution < 1.29 is 28.5 Å². The maximum absolute atomic E-state index is 11.0. The number of carbonyl (C=O) groups excluding carboxylic acids is 2. The topological polar surface area (TPSA) is 71.1 Å². The van der Waals surface area contributed by atoms with Gasteiger partial charge < -0.3 is 18.9 Å². The van der Waals surface area contributed by atoms with E-state index in [2.05, 4.69) is 84.9 Å². The average molecular weight is 703 g/mol. The van der Waals surface area contributed by atoms with Crippen molar-refractivity contribution in [3.8, 4) is 23.0 Å². The molecule has 0 spiro atoms. The zero-order chi connectivity index (χ0) is 38.5. The van der Waals surface area contributed by atoms with Crippen LogP contribution in [0.2, 0.25) is 0 Å². The lowest BCUT2D eigenvalue weighted by Crippen LogP contribution is -2.20. The molecule has 0 saturated heterocycles. The van der Waals surface area contributed by atoms with E-state index in [0.29, 0.717) is 11.5 Å². The fourth-order valence-electron chi connectivity index (χ4n) is 5.48. The molecule has 0 atom stereocenters. The Morgan fingerprint density at radius 1 is 0.404 bits per heavy atom. The molecule has 0 aliphatic heterocycles. The molecule has 0 radical (unpaired) electrons. The van der Waals surface area contributed by atoms with Crippen LogP contribution in [0, 0.1) is 0 Å². The van der Waals surface area contributed by atoms with Crippen LogP contribution < -0.4 is 18.9 Å². The molecule has 0 aliphatic carbocycles. The molecule has 0 aromatic heterocycles. The van der Waals surface area contributed by atoms with Crippen LogP contribution in [-0.2, 0) is 25.8 Å². The van der Waals surface area contributed by atoms with Crippen molar-refractivity contribution in [1.29, 1.82) is 0 Å². The van der Waals surface area contributed by atoms with Gasteiger partial charge in [-0.2, -0.15) is 0 Å². The lowest BCUT2D eigenvalue weighted by Gasteiger charge is -2.28. The van der Waals surface area contributed by atoms with E-state index in [1.807, 2.05) is 91.0 Å². The lowest BCUT2D eigenvalue weighted by atomic mass is 9.76. The van der Waals surface area contributed by atoms with Gasteiger partial charge in [0.05, 0.1) is 14.2 Å². The summed E-state index contributed by atoms with van der Waals surface area (Å²) in [5, 5.41) is 0. The highest BCUT2D eigenvalue weighted by Gasteiger charge is 2.25. The molecule has 0 unspecified atom stereocenters. The largest absolute Gasteiger partial charge is 0.497 e. The van der Waals surface area contributed by atoms with Gasteiger partial charge in [-0.15, -0.1) is 0 Å². The van der Waals surface area contributed by atoms with E-state index < -0.39 is 0 Å². The minimum atomic E-state index is -0.308. The van der Waals surface area contributed by atoms with Gasteiger partial charge in [0, 0.05) is 24.7 Å². The highest BCUT2D eigenvalue weighted by molar-refractivity contribution is 5.69. The zero-order valence-electron chi connectivity index (χ0n) is 32.6. The van der Waals surface area contributed by atoms with Crippen molar-refractivity contribution in [1.82, 2.24) is 0 Å². The number of methoxy groups -OCH3 is 2. The van der Waals surface area contributed by atoms with Gasteiger partial charge >= 0.3 is 11.9 Å². The Hall–Kier alpha value is -5.36. The van der Waals surface area contributed by atoms with E-state index in [0.717, 1.165) is 17.1 Å². The van der Waals surface area contributed by atoms with Crippen molar-refractivity contribution in [3.05, 3.63) is 155 Å². The van der Waals surface area contributed by atoms with E-state index in [4.69, 9.17) is 18.9 Å². The number of hydrogen-bond donors (Lipinski definition) is 0. The van der Waals surface area contributed by atoms with Crippen molar-refractivity contribution in [3.63, 3.8) is 0 Å². The third-order valence-corrected chi connectivity index (χ3v) is 8.92. The minimum Gasteiger partial charge on any atom is -0.497 e. The number of para-hydroxylation sites is 1. The monoisotopic (exact) mass is 702 g/mol. The maximum Gasteiger partial charge on any atom is 0.308 e. The summed E-state index contributed by atoms with van der Waals surface area (Å²) in [5.41, 5.74) is 6.04. The standard InChI is InChI=1S/C21H26O2.C18H20O3.C7H8O/c1-15(22)23-19-12-10-16(11-13-19)21(5,6)18-9-7-8-17(14-18)20(2,3)4;1-13(19)21-17-11-7-15(8-12-17)18(2,3)14-5-9-16(20-4)10-6-14;1-8-7-5-3-2-4-6-7/h7-14H,1-6H3;5-12H,1-4H3;2-6H,1H3. The first kappa shape index (κ1) is 41.1. The molecular weight excluding hydrogens is 649 g/mol. The van der Waals surface area contributed by atoms with Crippen LogP contribution in [-0.4, -0.2) is 26.2 Å². The third kappa shape index (κ3) is 11.9. The van der Waals surface area contributed by atoms with Crippen LogP contribution in [0.5, 0.6) is 23.0 Å². The third-order valence-electron chi connectivity index (χ3n) is 8.92. The molecule has 5 rings (SSSR count). The molecule has 0 bridgehead atoms. The summed E-state index contributed by atoms with van der Waals surface area (Å²) >= 11 is 0. The lowest BCUT2D eigenvalue weighted by molar-refractivity contribution is -0.132. The molecular formula is C46H54O6. The van der Waals surface area contributed by atoms with E-state index in [1.165, 1.54) is 36.1 Å². The normalized spacial score (nSPS) is 11.1. The first-order valence-electron chi connectivity index (χ1n) is 17.4. The Morgan fingerprint density at radius 3 is 1.10 bits per heavy atom. The van der Waals surface area contributed by atoms with Gasteiger partial charge in [0.2, 0.25) is 0 Å². The van der Waals surface area contributed by atoms with Gasteiger partial charge in [-0.3, -0.25) is 9.59 Å². The van der Waals surface area contributed by atoms with E-state index in [-0.39, 0.29) is 28.2 Å². The Balaban J connectivity index is 0.000000232. The zero-order valence-corrected chi connectivity index (χ0v) is 32.6. The molecule has 0 saturated carbocycles. The first-order chi connectivity index (χ1) is 24.5. The number of hydrogen-bond acceptors (Lipinski definition) is 6. The second kappa shape index (κ2) is 18.2. The van der Waals surface area contributed by atoms with Crippen molar-refractivity contribution in [2.45, 2.75) is 78.6 Å². The summed E-state index contributed by atoms with van der Waals surface area (Å²) in [6, 6.07) is 41.9. The molecule has 5 aromatic carbocycles. The molecule has 0 N–H and O–H groups in total. The minimum absolute atomic E-state index is 0.115. The van der Waals surface area contributed by atoms with E-state index in [9.17, 15) is 9.59 Å². The Labute approximate surface area is 310 Å². The quantitative estimate of drug-likeness (QED) is 0.118. The highest BCUT2D eigenvalue weighted by atomic mass is 16.5. The van der Waals surface area contributed by atoms with Crippen molar-refractivity contribution in [2.75, 3.05) is 14.2 Å². The van der Waals surface area contributed by atoms with Gasteiger partial charge in [-0.1, -0.05) is 127 Å². The molecule has 5 aromatic rings. The number of benzene rings is 5. The predicted octanol–water partition coefficient (Wildman–Crippen LogP) is 10.9. The summed E-state index contributed by atoms with van der Waals surface area (Å²) in [6.07, 6.45) is 0. The van der Waals surface area contributed by atoms with Gasteiger partial charge in [0.15, 0.2) is 0 Å². The maximum atomic E-state index is 11.0. The van der Waals surface area contributed by atoms with Gasteiger partial charge in [0.1, 0.15) is 23.0 Å². The fraction of sp³-hybridized carbons (Fsp3) is 0.304. The molecule has 274 valence electrons. The first-order valence-corrected chi connectivity index (χ1v) is 17.4.